The fraction of sp³-hybridized carbons (Fsp3) is 0.842. The number of rotatable bonds is 11. The van der Waals surface area contributed by atoms with Gasteiger partial charge in [0.05, 0.1) is 12.6 Å². The van der Waals surface area contributed by atoms with Crippen LogP contribution in [0.4, 0.5) is 13.6 Å². The van der Waals surface area contributed by atoms with E-state index in [2.05, 4.69) is 16.0 Å². The quantitative estimate of drug-likeness (QED) is 0.254. The number of aliphatic hydroxyl groups excluding tert-OH is 1. The summed E-state index contributed by atoms with van der Waals surface area (Å²) in [6, 6.07) is -2.72. The first-order valence-corrected chi connectivity index (χ1v) is 12.2. The summed E-state index contributed by atoms with van der Waals surface area (Å²) in [5, 5.41) is 17.2. The van der Waals surface area contributed by atoms with Crippen LogP contribution < -0.4 is 16.0 Å². The van der Waals surface area contributed by atoms with Crippen molar-refractivity contribution in [2.45, 2.75) is 69.4 Å². The van der Waals surface area contributed by atoms with Crippen molar-refractivity contribution in [1.82, 2.24) is 16.0 Å². The maximum atomic E-state index is 12.9. The number of nitrogens with one attached hydrogen (secondary N) is 3. The van der Waals surface area contributed by atoms with Crippen LogP contribution in [0.3, 0.4) is 0 Å². The van der Waals surface area contributed by atoms with E-state index < -0.39 is 57.4 Å². The van der Waals surface area contributed by atoms with Crippen LogP contribution in [0.5, 0.6) is 0 Å². The van der Waals surface area contributed by atoms with Gasteiger partial charge in [-0.15, -0.1) is 0 Å². The molecule has 1 aliphatic carbocycles. The van der Waals surface area contributed by atoms with Crippen molar-refractivity contribution in [2.75, 3.05) is 13.2 Å². The van der Waals surface area contributed by atoms with Crippen LogP contribution in [0.15, 0.2) is 0 Å². The molecule has 11 nitrogen and oxygen atoms in total. The third-order valence-electron chi connectivity index (χ3n) is 5.62. The molecule has 14 heteroatoms. The molecule has 0 spiro atoms. The Morgan fingerprint density at radius 2 is 1.91 bits per heavy atom. The summed E-state index contributed by atoms with van der Waals surface area (Å²) in [7, 11) is -4.97. The molecule has 2 unspecified atom stereocenters. The molecular weight excluding hydrogens is 468 g/mol. The monoisotopic (exact) mass is 499 g/mol. The molecule has 3 amide bonds. The zero-order chi connectivity index (χ0) is 25.0. The summed E-state index contributed by atoms with van der Waals surface area (Å²) in [4.78, 5) is 36.8. The van der Waals surface area contributed by atoms with Crippen molar-refractivity contribution in [3.8, 4) is 0 Å². The van der Waals surface area contributed by atoms with Crippen molar-refractivity contribution in [2.24, 2.45) is 17.8 Å². The number of carbonyl (C=O) groups is 3. The van der Waals surface area contributed by atoms with Gasteiger partial charge in [-0.05, 0) is 25.2 Å². The number of alkyl carbamates (subject to hydrolysis) is 1. The van der Waals surface area contributed by atoms with Gasteiger partial charge in [-0.1, -0.05) is 13.8 Å². The van der Waals surface area contributed by atoms with E-state index in [0.717, 1.165) is 0 Å². The van der Waals surface area contributed by atoms with Crippen LogP contribution >= 0.6 is 0 Å². The van der Waals surface area contributed by atoms with Crippen LogP contribution in [-0.4, -0.2) is 72.6 Å². The summed E-state index contributed by atoms with van der Waals surface area (Å²) in [6.45, 7) is 3.63. The van der Waals surface area contributed by atoms with Crippen molar-refractivity contribution in [3.63, 3.8) is 0 Å². The molecule has 0 aromatic heterocycles. The van der Waals surface area contributed by atoms with Gasteiger partial charge < -0.3 is 25.8 Å². The second-order valence-corrected chi connectivity index (χ2v) is 10.6. The average molecular weight is 500 g/mol. The van der Waals surface area contributed by atoms with Crippen LogP contribution in [-0.2, 0) is 24.4 Å². The molecule has 2 aliphatic rings. The molecule has 2 fully saturated rings. The largest absolute Gasteiger partial charge is 0.449 e. The third-order valence-corrected chi connectivity index (χ3v) is 6.56. The second kappa shape index (κ2) is 10.9. The molecular formula is C19H31F2N3O8S. The van der Waals surface area contributed by atoms with Gasteiger partial charge in [0.15, 0.2) is 0 Å². The SMILES string of the molecule is CC(C)C[C@H](NC(=O)OCC1CC(F)(F)C1)C(=O)N[C@@H](CC1CCNC1=O)C(O)S(=O)(=O)O. The lowest BCUT2D eigenvalue weighted by molar-refractivity contribution is -0.127. The Kier molecular flexibility index (Phi) is 8.99. The molecule has 1 aliphatic heterocycles. The highest BCUT2D eigenvalue weighted by Gasteiger charge is 2.45. The predicted molar refractivity (Wildman–Crippen MR) is 111 cm³/mol. The zero-order valence-corrected chi connectivity index (χ0v) is 19.2. The number of hydrogen-bond acceptors (Lipinski definition) is 7. The summed E-state index contributed by atoms with van der Waals surface area (Å²) >= 11 is 0. The Hall–Kier alpha value is -2.06. The van der Waals surface area contributed by atoms with Gasteiger partial charge in [-0.2, -0.15) is 8.42 Å². The molecule has 5 N–H and O–H groups in total. The molecule has 2 rings (SSSR count). The van der Waals surface area contributed by atoms with Crippen molar-refractivity contribution < 1.29 is 46.0 Å². The van der Waals surface area contributed by atoms with Gasteiger partial charge in [0.1, 0.15) is 6.04 Å². The molecule has 0 aromatic carbocycles. The van der Waals surface area contributed by atoms with Gasteiger partial charge in [0.25, 0.3) is 10.1 Å². The highest BCUT2D eigenvalue weighted by atomic mass is 32.2. The standard InChI is InChI=1S/C19H31F2N3O8S/c1-10(2)5-13(24-18(28)32-9-11-7-19(20,21)8-11)16(26)23-14(17(27)33(29,30)31)6-12-3-4-22-15(12)25/h10-14,17,27H,3-9H2,1-2H3,(H,22,25)(H,23,26)(H,24,28)(H,29,30,31)/t12?,13-,14-,17?/m0/s1. The topological polar surface area (TPSA) is 171 Å². The average Bonchev–Trinajstić information content (AvgIpc) is 3.06. The number of halogens is 2. The van der Waals surface area contributed by atoms with Gasteiger partial charge >= 0.3 is 6.09 Å². The van der Waals surface area contributed by atoms with Crippen LogP contribution in [0.1, 0.15) is 46.0 Å². The summed E-state index contributed by atoms with van der Waals surface area (Å²) in [5.74, 6) is -5.26. The maximum absolute atomic E-state index is 12.9. The number of alkyl halides is 2. The molecule has 33 heavy (non-hydrogen) atoms. The Bertz CT molecular complexity index is 831. The van der Waals surface area contributed by atoms with E-state index in [1.807, 2.05) is 0 Å². The Labute approximate surface area is 190 Å². The number of carbonyl (C=O) groups excluding carboxylic acids is 3. The fourth-order valence-electron chi connectivity index (χ4n) is 3.90. The smallest absolute Gasteiger partial charge is 0.407 e. The number of hydrogen-bond donors (Lipinski definition) is 5. The predicted octanol–water partition coefficient (Wildman–Crippen LogP) is 0.390. The van der Waals surface area contributed by atoms with Crippen molar-refractivity contribution in [1.29, 1.82) is 0 Å². The lowest BCUT2D eigenvalue weighted by Gasteiger charge is -2.34. The van der Waals surface area contributed by atoms with Gasteiger partial charge in [0, 0.05) is 31.2 Å². The van der Waals surface area contributed by atoms with Gasteiger partial charge in [-0.3, -0.25) is 14.1 Å². The minimum Gasteiger partial charge on any atom is -0.449 e. The maximum Gasteiger partial charge on any atom is 0.407 e. The van der Waals surface area contributed by atoms with Crippen molar-refractivity contribution in [3.05, 3.63) is 0 Å². The number of amides is 3. The molecule has 4 atom stereocenters. The molecule has 1 saturated heterocycles. The summed E-state index contributed by atoms with van der Waals surface area (Å²) in [5.41, 5.74) is -2.39. The summed E-state index contributed by atoms with van der Waals surface area (Å²) in [6.07, 6.45) is -1.58. The fourth-order valence-corrected chi connectivity index (χ4v) is 4.49. The van der Waals surface area contributed by atoms with E-state index in [-0.39, 0.29) is 44.1 Å². The van der Waals surface area contributed by atoms with E-state index in [1.54, 1.807) is 13.8 Å². The molecule has 0 bridgehead atoms. The zero-order valence-electron chi connectivity index (χ0n) is 18.4. The Morgan fingerprint density at radius 1 is 1.27 bits per heavy atom. The first-order valence-electron chi connectivity index (χ1n) is 10.7. The molecule has 0 aromatic rings. The van der Waals surface area contributed by atoms with Crippen molar-refractivity contribution >= 4 is 28.0 Å². The van der Waals surface area contributed by atoms with Crippen LogP contribution in [0.2, 0.25) is 0 Å². The highest BCUT2D eigenvalue weighted by Crippen LogP contribution is 2.42. The van der Waals surface area contributed by atoms with E-state index >= 15 is 0 Å². The number of ether oxygens (including phenoxy) is 1. The molecule has 0 radical (unpaired) electrons. The minimum atomic E-state index is -4.97. The van der Waals surface area contributed by atoms with Crippen LogP contribution in [0, 0.1) is 17.8 Å². The molecule has 1 saturated carbocycles. The summed E-state index contributed by atoms with van der Waals surface area (Å²) < 4.78 is 62.9. The second-order valence-electron chi connectivity index (χ2n) is 9.09. The molecule has 1 heterocycles. The van der Waals surface area contributed by atoms with E-state index in [0.29, 0.717) is 13.0 Å². The highest BCUT2D eigenvalue weighted by molar-refractivity contribution is 7.86. The van der Waals surface area contributed by atoms with Crippen LogP contribution in [0.25, 0.3) is 0 Å². The van der Waals surface area contributed by atoms with E-state index in [4.69, 9.17) is 4.74 Å². The Balaban J connectivity index is 2.02. The normalized spacial score (nSPS) is 23.2. The van der Waals surface area contributed by atoms with Gasteiger partial charge in [0.2, 0.25) is 23.2 Å². The minimum absolute atomic E-state index is 0.100. The molecule has 190 valence electrons. The Morgan fingerprint density at radius 3 is 2.39 bits per heavy atom. The van der Waals surface area contributed by atoms with Gasteiger partial charge in [-0.25, -0.2) is 13.6 Å². The third kappa shape index (κ3) is 8.34. The first kappa shape index (κ1) is 27.2. The lowest BCUT2D eigenvalue weighted by atomic mass is 9.82. The number of aliphatic hydroxyl groups is 1. The van der Waals surface area contributed by atoms with E-state index in [1.165, 1.54) is 0 Å². The lowest BCUT2D eigenvalue weighted by Crippen LogP contribution is -2.55. The first-order chi connectivity index (χ1) is 15.2. The van der Waals surface area contributed by atoms with E-state index in [9.17, 15) is 41.2 Å².